The van der Waals surface area contributed by atoms with Crippen molar-refractivity contribution in [3.63, 3.8) is 0 Å². The van der Waals surface area contributed by atoms with Crippen LogP contribution in [0.3, 0.4) is 0 Å². The minimum Gasteiger partial charge on any atom is -0.389 e. The molecule has 4 fully saturated rings. The average Bonchev–Trinajstić information content (AvgIpc) is 3.41. The van der Waals surface area contributed by atoms with Crippen LogP contribution < -0.4 is 0 Å². The predicted molar refractivity (Wildman–Crippen MR) is 122 cm³/mol. The second kappa shape index (κ2) is 6.59. The smallest absolute Gasteiger partial charge is 0.0732 e. The van der Waals surface area contributed by atoms with Crippen molar-refractivity contribution in [2.45, 2.75) is 110 Å². The molecule has 160 valence electrons. The standard InChI is InChI=1S/C28H42O/c1-20(2)22-9-15-25(4)24(18-22)21(3)8-16-27(25)17-10-23(19-27)28(29)14-7-13-26(28)11-5-6-12-26/h8,16,22-23,29H,1,5-7,9-15,17-19H2,2-4H3/t22-,23-,25-,27+,28+/m1/s1. The van der Waals surface area contributed by atoms with Crippen LogP contribution in [0.25, 0.3) is 0 Å². The minimum absolute atomic E-state index is 0.259. The second-order valence-corrected chi connectivity index (χ2v) is 12.0. The highest BCUT2D eigenvalue weighted by molar-refractivity contribution is 5.41. The van der Waals surface area contributed by atoms with Gasteiger partial charge in [0.2, 0.25) is 0 Å². The highest BCUT2D eigenvalue weighted by atomic mass is 16.3. The molecule has 0 unspecified atom stereocenters. The molecule has 1 heteroatoms. The number of fused-ring (bicyclic) bond motifs is 2. The van der Waals surface area contributed by atoms with E-state index < -0.39 is 0 Å². The monoisotopic (exact) mass is 394 g/mol. The first-order valence-corrected chi connectivity index (χ1v) is 12.5. The molecule has 0 bridgehead atoms. The predicted octanol–water partition coefficient (Wildman–Crippen LogP) is 7.52. The van der Waals surface area contributed by atoms with Gasteiger partial charge in [0.15, 0.2) is 0 Å². The molecule has 1 nitrogen and oxygen atoms in total. The van der Waals surface area contributed by atoms with Crippen LogP contribution in [0.2, 0.25) is 0 Å². The van der Waals surface area contributed by atoms with E-state index in [0.717, 1.165) is 6.42 Å². The molecule has 2 spiro atoms. The van der Waals surface area contributed by atoms with Crippen LogP contribution >= 0.6 is 0 Å². The minimum atomic E-state index is -0.386. The summed E-state index contributed by atoms with van der Waals surface area (Å²) in [5.74, 6) is 1.16. The SMILES string of the molecule is C=C(C)[C@@H]1CC[C@]2(C)C(=C(C)C=C[C@@]23CC[C@@H]([C@@]2(O)CCCC24CCCC4)C3)C1. The van der Waals surface area contributed by atoms with Gasteiger partial charge in [-0.15, -0.1) is 0 Å². The van der Waals surface area contributed by atoms with Crippen LogP contribution in [0.4, 0.5) is 0 Å². The van der Waals surface area contributed by atoms with Crippen molar-refractivity contribution in [3.8, 4) is 0 Å². The fourth-order valence-corrected chi connectivity index (χ4v) is 9.01. The van der Waals surface area contributed by atoms with E-state index in [-0.39, 0.29) is 21.8 Å². The maximum Gasteiger partial charge on any atom is 0.0732 e. The van der Waals surface area contributed by atoms with E-state index in [4.69, 9.17) is 0 Å². The molecule has 0 saturated heterocycles. The topological polar surface area (TPSA) is 20.2 Å². The van der Waals surface area contributed by atoms with Crippen molar-refractivity contribution < 1.29 is 5.11 Å². The summed E-state index contributed by atoms with van der Waals surface area (Å²) >= 11 is 0. The van der Waals surface area contributed by atoms with Crippen LogP contribution in [0.15, 0.2) is 35.5 Å². The van der Waals surface area contributed by atoms with Gasteiger partial charge in [-0.1, -0.05) is 55.2 Å². The van der Waals surface area contributed by atoms with Gasteiger partial charge in [-0.25, -0.2) is 0 Å². The molecule has 0 radical (unpaired) electrons. The van der Waals surface area contributed by atoms with Gasteiger partial charge in [-0.2, -0.15) is 0 Å². The summed E-state index contributed by atoms with van der Waals surface area (Å²) in [4.78, 5) is 0. The maximum atomic E-state index is 12.2. The van der Waals surface area contributed by atoms with Crippen molar-refractivity contribution in [3.05, 3.63) is 35.5 Å². The van der Waals surface area contributed by atoms with E-state index in [2.05, 4.69) is 39.5 Å². The largest absolute Gasteiger partial charge is 0.389 e. The third-order valence-electron chi connectivity index (χ3n) is 11.0. The quantitative estimate of drug-likeness (QED) is 0.480. The van der Waals surface area contributed by atoms with E-state index in [1.165, 1.54) is 88.2 Å². The molecular weight excluding hydrogens is 352 g/mol. The van der Waals surface area contributed by atoms with E-state index in [1.54, 1.807) is 5.57 Å². The number of hydrogen-bond donors (Lipinski definition) is 1. The Morgan fingerprint density at radius 2 is 1.76 bits per heavy atom. The van der Waals surface area contributed by atoms with Gasteiger partial charge in [-0.3, -0.25) is 0 Å². The maximum absolute atomic E-state index is 12.2. The van der Waals surface area contributed by atoms with E-state index >= 15 is 0 Å². The van der Waals surface area contributed by atoms with Gasteiger partial charge in [0.25, 0.3) is 0 Å². The zero-order chi connectivity index (χ0) is 20.5. The van der Waals surface area contributed by atoms with Gasteiger partial charge in [0, 0.05) is 0 Å². The van der Waals surface area contributed by atoms with Gasteiger partial charge < -0.3 is 5.11 Å². The Labute approximate surface area is 178 Å². The lowest BCUT2D eigenvalue weighted by Crippen LogP contribution is -2.49. The molecule has 0 amide bonds. The highest BCUT2D eigenvalue weighted by Gasteiger charge is 2.63. The molecule has 5 rings (SSSR count). The van der Waals surface area contributed by atoms with Crippen LogP contribution in [0.1, 0.15) is 104 Å². The summed E-state index contributed by atoms with van der Waals surface area (Å²) in [5, 5.41) is 12.2. The van der Waals surface area contributed by atoms with E-state index in [9.17, 15) is 5.11 Å². The van der Waals surface area contributed by atoms with Gasteiger partial charge in [0.05, 0.1) is 5.60 Å². The summed E-state index contributed by atoms with van der Waals surface area (Å²) in [5.41, 5.74) is 5.02. The van der Waals surface area contributed by atoms with E-state index in [0.29, 0.717) is 11.8 Å². The molecule has 5 atom stereocenters. The van der Waals surface area contributed by atoms with Gasteiger partial charge in [0.1, 0.15) is 0 Å². The molecule has 4 saturated carbocycles. The summed E-state index contributed by atoms with van der Waals surface area (Å²) in [6, 6.07) is 0. The fraction of sp³-hybridized carbons (Fsp3) is 0.786. The normalized spacial score (nSPS) is 46.1. The lowest BCUT2D eigenvalue weighted by atomic mass is 9.50. The van der Waals surface area contributed by atoms with Crippen LogP contribution in [-0.2, 0) is 0 Å². The molecule has 5 aliphatic rings. The Morgan fingerprint density at radius 3 is 2.48 bits per heavy atom. The first-order valence-electron chi connectivity index (χ1n) is 12.5. The van der Waals surface area contributed by atoms with Crippen molar-refractivity contribution in [1.29, 1.82) is 0 Å². The molecule has 0 heterocycles. The Bertz CT molecular complexity index is 760. The number of aliphatic hydroxyl groups is 1. The first-order chi connectivity index (χ1) is 13.8. The Balaban J connectivity index is 1.46. The van der Waals surface area contributed by atoms with Gasteiger partial charge >= 0.3 is 0 Å². The van der Waals surface area contributed by atoms with Gasteiger partial charge in [-0.05, 0) is 113 Å². The van der Waals surface area contributed by atoms with Crippen LogP contribution in [0, 0.1) is 28.1 Å². The zero-order valence-electron chi connectivity index (χ0n) is 19.2. The first kappa shape index (κ1) is 20.1. The highest BCUT2D eigenvalue weighted by Crippen LogP contribution is 2.69. The number of allylic oxidation sites excluding steroid dienone is 5. The number of rotatable bonds is 2. The summed E-state index contributed by atoms with van der Waals surface area (Å²) in [6.07, 6.45) is 21.4. The lowest BCUT2D eigenvalue weighted by molar-refractivity contribution is -0.107. The summed E-state index contributed by atoms with van der Waals surface area (Å²) in [6.45, 7) is 11.4. The molecule has 0 aromatic heterocycles. The summed E-state index contributed by atoms with van der Waals surface area (Å²) < 4.78 is 0. The molecule has 0 aliphatic heterocycles. The van der Waals surface area contributed by atoms with Crippen LogP contribution in [0.5, 0.6) is 0 Å². The summed E-state index contributed by atoms with van der Waals surface area (Å²) in [7, 11) is 0. The van der Waals surface area contributed by atoms with Crippen LogP contribution in [-0.4, -0.2) is 10.7 Å². The van der Waals surface area contributed by atoms with Crippen molar-refractivity contribution in [1.82, 2.24) is 0 Å². The Morgan fingerprint density at radius 1 is 1.03 bits per heavy atom. The molecule has 0 aromatic rings. The second-order valence-electron chi connectivity index (χ2n) is 12.0. The zero-order valence-corrected chi connectivity index (χ0v) is 19.2. The number of hydrogen-bond acceptors (Lipinski definition) is 1. The van der Waals surface area contributed by atoms with Crippen molar-refractivity contribution in [2.75, 3.05) is 0 Å². The lowest BCUT2D eigenvalue weighted by Gasteiger charge is -2.54. The average molecular weight is 395 g/mol. The van der Waals surface area contributed by atoms with E-state index in [1.807, 2.05) is 0 Å². The molecule has 1 N–H and O–H groups in total. The molecule has 0 aromatic carbocycles. The Hall–Kier alpha value is -0.820. The molecular formula is C28H42O. The fourth-order valence-electron chi connectivity index (χ4n) is 9.01. The van der Waals surface area contributed by atoms with Crippen molar-refractivity contribution >= 4 is 0 Å². The molecule has 29 heavy (non-hydrogen) atoms. The molecule has 5 aliphatic carbocycles. The van der Waals surface area contributed by atoms with Crippen molar-refractivity contribution in [2.24, 2.45) is 28.1 Å². The third kappa shape index (κ3) is 2.61. The Kier molecular flexibility index (Phi) is 4.57. The third-order valence-corrected chi connectivity index (χ3v) is 11.0.